The van der Waals surface area contributed by atoms with E-state index in [0.29, 0.717) is 27.4 Å². The van der Waals surface area contributed by atoms with Gasteiger partial charge in [0.2, 0.25) is 5.91 Å². The molecule has 6 heteroatoms. The Balaban J connectivity index is 1.89. The lowest BCUT2D eigenvalue weighted by molar-refractivity contribution is -0.118. The number of para-hydroxylation sites is 1. The summed E-state index contributed by atoms with van der Waals surface area (Å²) in [4.78, 5) is 25.0. The lowest BCUT2D eigenvalue weighted by Crippen LogP contribution is -2.30. The average molecular weight is 378 g/mol. The van der Waals surface area contributed by atoms with Crippen LogP contribution in [0.3, 0.4) is 0 Å². The Bertz CT molecular complexity index is 1080. The van der Waals surface area contributed by atoms with Crippen molar-refractivity contribution in [2.75, 3.05) is 5.32 Å². The van der Waals surface area contributed by atoms with E-state index in [4.69, 9.17) is 11.6 Å². The molecule has 1 heterocycles. The standard InChI is InChI=1S/C21H16ClN3O2/c1-14(21(27)24-18-5-3-2-4-6-18)25-10-9-15(11-20(25)26)19-12-17(22)8-7-16(19)13-23/h2-12,14H,1H3,(H,24,27). The molecule has 0 radical (unpaired) electrons. The molecule has 0 saturated heterocycles. The molecular formula is C21H16ClN3O2. The molecule has 0 spiro atoms. The molecule has 5 nitrogen and oxygen atoms in total. The van der Waals surface area contributed by atoms with Crippen LogP contribution in [0.4, 0.5) is 5.69 Å². The van der Waals surface area contributed by atoms with Crippen molar-refractivity contribution in [3.8, 4) is 17.2 Å². The van der Waals surface area contributed by atoms with E-state index in [0.717, 1.165) is 0 Å². The Labute approximate surface area is 161 Å². The van der Waals surface area contributed by atoms with Crippen LogP contribution in [0.25, 0.3) is 11.1 Å². The van der Waals surface area contributed by atoms with Crippen LogP contribution in [0.1, 0.15) is 18.5 Å². The molecule has 1 N–H and O–H groups in total. The number of hydrogen-bond acceptors (Lipinski definition) is 3. The van der Waals surface area contributed by atoms with Crippen molar-refractivity contribution in [1.82, 2.24) is 4.57 Å². The van der Waals surface area contributed by atoms with Gasteiger partial charge in [0, 0.05) is 28.5 Å². The van der Waals surface area contributed by atoms with Gasteiger partial charge in [-0.2, -0.15) is 5.26 Å². The van der Waals surface area contributed by atoms with Gasteiger partial charge in [-0.15, -0.1) is 0 Å². The first-order valence-electron chi connectivity index (χ1n) is 8.27. The summed E-state index contributed by atoms with van der Waals surface area (Å²) in [7, 11) is 0. The van der Waals surface area contributed by atoms with Crippen LogP contribution in [0.5, 0.6) is 0 Å². The quantitative estimate of drug-likeness (QED) is 0.738. The first-order chi connectivity index (χ1) is 13.0. The zero-order valence-electron chi connectivity index (χ0n) is 14.5. The van der Waals surface area contributed by atoms with Crippen molar-refractivity contribution in [3.63, 3.8) is 0 Å². The second-order valence-corrected chi connectivity index (χ2v) is 6.43. The number of nitriles is 1. The molecule has 0 aliphatic heterocycles. The lowest BCUT2D eigenvalue weighted by atomic mass is 10.0. The van der Waals surface area contributed by atoms with Gasteiger partial charge in [-0.1, -0.05) is 29.8 Å². The van der Waals surface area contributed by atoms with Gasteiger partial charge in [-0.3, -0.25) is 9.59 Å². The highest BCUT2D eigenvalue weighted by Crippen LogP contribution is 2.26. The molecular weight excluding hydrogens is 362 g/mol. The van der Waals surface area contributed by atoms with Gasteiger partial charge in [0.05, 0.1) is 11.6 Å². The summed E-state index contributed by atoms with van der Waals surface area (Å²) in [5.74, 6) is -0.295. The molecule has 27 heavy (non-hydrogen) atoms. The highest BCUT2D eigenvalue weighted by Gasteiger charge is 2.17. The van der Waals surface area contributed by atoms with E-state index < -0.39 is 6.04 Å². The third-order valence-corrected chi connectivity index (χ3v) is 4.43. The Hall–Kier alpha value is -3.36. The predicted octanol–water partition coefficient (Wildman–Crippen LogP) is 4.24. The van der Waals surface area contributed by atoms with E-state index >= 15 is 0 Å². The second kappa shape index (κ2) is 7.90. The van der Waals surface area contributed by atoms with E-state index in [1.54, 1.807) is 49.5 Å². The first kappa shape index (κ1) is 18.4. The molecule has 134 valence electrons. The van der Waals surface area contributed by atoms with Crippen molar-refractivity contribution in [2.24, 2.45) is 0 Å². The number of aromatic nitrogens is 1. The van der Waals surface area contributed by atoms with Crippen LogP contribution in [0.15, 0.2) is 71.7 Å². The maximum absolute atomic E-state index is 12.6. The van der Waals surface area contributed by atoms with Gasteiger partial charge in [0.1, 0.15) is 6.04 Å². The molecule has 0 saturated carbocycles. The Morgan fingerprint density at radius 1 is 1.15 bits per heavy atom. The van der Waals surface area contributed by atoms with E-state index in [1.165, 1.54) is 10.6 Å². The van der Waals surface area contributed by atoms with Crippen molar-refractivity contribution >= 4 is 23.2 Å². The van der Waals surface area contributed by atoms with Crippen molar-refractivity contribution < 1.29 is 4.79 Å². The van der Waals surface area contributed by atoms with Gasteiger partial charge in [0.25, 0.3) is 5.56 Å². The third-order valence-electron chi connectivity index (χ3n) is 4.20. The first-order valence-corrected chi connectivity index (χ1v) is 8.65. The van der Waals surface area contributed by atoms with E-state index in [2.05, 4.69) is 11.4 Å². The minimum absolute atomic E-state index is 0.295. The highest BCUT2D eigenvalue weighted by atomic mass is 35.5. The number of rotatable bonds is 4. The topological polar surface area (TPSA) is 74.9 Å². The number of nitrogens with one attached hydrogen (secondary N) is 1. The van der Waals surface area contributed by atoms with Crippen molar-refractivity contribution in [3.05, 3.63) is 87.8 Å². The Morgan fingerprint density at radius 2 is 1.89 bits per heavy atom. The molecule has 3 aromatic rings. The van der Waals surface area contributed by atoms with Gasteiger partial charge in [0.15, 0.2) is 0 Å². The summed E-state index contributed by atoms with van der Waals surface area (Å²) in [6, 6.07) is 18.4. The van der Waals surface area contributed by atoms with Crippen molar-refractivity contribution in [2.45, 2.75) is 13.0 Å². The van der Waals surface area contributed by atoms with E-state index in [1.807, 2.05) is 18.2 Å². The summed E-state index contributed by atoms with van der Waals surface area (Å²) in [6.07, 6.45) is 1.55. The number of pyridine rings is 1. The largest absolute Gasteiger partial charge is 0.324 e. The summed E-state index contributed by atoms with van der Waals surface area (Å²) >= 11 is 6.02. The Morgan fingerprint density at radius 3 is 2.56 bits per heavy atom. The smallest absolute Gasteiger partial charge is 0.251 e. The minimum Gasteiger partial charge on any atom is -0.324 e. The fourth-order valence-corrected chi connectivity index (χ4v) is 2.90. The van der Waals surface area contributed by atoms with Crippen LogP contribution in [-0.2, 0) is 4.79 Å². The number of anilines is 1. The molecule has 1 amide bonds. The van der Waals surface area contributed by atoms with Gasteiger partial charge in [-0.05, 0) is 48.9 Å². The molecule has 3 rings (SSSR count). The van der Waals surface area contributed by atoms with Crippen molar-refractivity contribution in [1.29, 1.82) is 5.26 Å². The van der Waals surface area contributed by atoms with Crippen LogP contribution < -0.4 is 10.9 Å². The zero-order chi connectivity index (χ0) is 19.4. The molecule has 0 aliphatic carbocycles. The summed E-state index contributed by atoms with van der Waals surface area (Å²) in [6.45, 7) is 1.65. The predicted molar refractivity (Wildman–Crippen MR) is 106 cm³/mol. The van der Waals surface area contributed by atoms with Gasteiger partial charge < -0.3 is 9.88 Å². The number of halogens is 1. The monoisotopic (exact) mass is 377 g/mol. The SMILES string of the molecule is CC(C(=O)Nc1ccccc1)n1ccc(-c2cc(Cl)ccc2C#N)cc1=O. The number of benzene rings is 2. The lowest BCUT2D eigenvalue weighted by Gasteiger charge is -2.16. The fraction of sp³-hybridized carbons (Fsp3) is 0.0952. The maximum atomic E-state index is 12.6. The minimum atomic E-state index is -0.693. The number of nitrogens with zero attached hydrogens (tertiary/aromatic N) is 2. The van der Waals surface area contributed by atoms with Gasteiger partial charge in [-0.25, -0.2) is 0 Å². The number of carbonyl (C=O) groups is 1. The molecule has 0 bridgehead atoms. The number of carbonyl (C=O) groups excluding carboxylic acids is 1. The molecule has 2 aromatic carbocycles. The van der Waals surface area contributed by atoms with Crippen LogP contribution in [0.2, 0.25) is 5.02 Å². The number of amides is 1. The molecule has 1 aromatic heterocycles. The summed E-state index contributed by atoms with van der Waals surface area (Å²) in [5.41, 5.74) is 1.90. The third kappa shape index (κ3) is 4.08. The van der Waals surface area contributed by atoms with E-state index in [9.17, 15) is 14.9 Å². The van der Waals surface area contributed by atoms with Crippen LogP contribution in [-0.4, -0.2) is 10.5 Å². The van der Waals surface area contributed by atoms with E-state index in [-0.39, 0.29) is 11.5 Å². The average Bonchev–Trinajstić information content (AvgIpc) is 2.68. The molecule has 0 fully saturated rings. The number of hydrogen-bond donors (Lipinski definition) is 1. The molecule has 1 unspecified atom stereocenters. The second-order valence-electron chi connectivity index (χ2n) is 5.99. The van der Waals surface area contributed by atoms with Crippen LogP contribution in [0, 0.1) is 11.3 Å². The zero-order valence-corrected chi connectivity index (χ0v) is 15.3. The van der Waals surface area contributed by atoms with Gasteiger partial charge >= 0.3 is 0 Å². The summed E-state index contributed by atoms with van der Waals surface area (Å²) < 4.78 is 1.35. The normalized spacial score (nSPS) is 11.4. The molecule has 1 atom stereocenters. The molecule has 0 aliphatic rings. The summed E-state index contributed by atoms with van der Waals surface area (Å²) in [5, 5.41) is 12.5. The Kier molecular flexibility index (Phi) is 5.39. The highest BCUT2D eigenvalue weighted by molar-refractivity contribution is 6.30. The van der Waals surface area contributed by atoms with Crippen LogP contribution >= 0.6 is 11.6 Å². The maximum Gasteiger partial charge on any atom is 0.251 e. The fourth-order valence-electron chi connectivity index (χ4n) is 2.72.